The minimum Gasteiger partial charge on any atom is -0.302 e. The fourth-order valence-corrected chi connectivity index (χ4v) is 3.91. The first-order chi connectivity index (χ1) is 13.4. The molecule has 152 valence electrons. The van der Waals surface area contributed by atoms with Crippen molar-refractivity contribution in [1.82, 2.24) is 14.6 Å². The van der Waals surface area contributed by atoms with Gasteiger partial charge in [-0.2, -0.15) is 13.2 Å². The van der Waals surface area contributed by atoms with Crippen LogP contribution in [0.25, 0.3) is 6.08 Å². The SMILES string of the molecule is O=C1NC(=Cc2ncc(C(F)(F)F)cc2Cl)C(=O)N1S(=O)(=O)c1ccc(Cl)cc1. The second kappa shape index (κ2) is 7.32. The molecule has 2 aromatic rings. The van der Waals surface area contributed by atoms with E-state index in [1.807, 2.05) is 5.32 Å². The summed E-state index contributed by atoms with van der Waals surface area (Å²) >= 11 is 11.5. The van der Waals surface area contributed by atoms with Crippen molar-refractivity contribution >= 4 is 51.2 Å². The molecule has 0 unspecified atom stereocenters. The van der Waals surface area contributed by atoms with E-state index in [4.69, 9.17) is 23.2 Å². The normalized spacial score (nSPS) is 16.4. The minimum absolute atomic E-state index is 0.0138. The van der Waals surface area contributed by atoms with E-state index in [1.165, 1.54) is 12.1 Å². The summed E-state index contributed by atoms with van der Waals surface area (Å²) in [6.45, 7) is 0. The van der Waals surface area contributed by atoms with Gasteiger partial charge in [0.05, 0.1) is 21.2 Å². The predicted molar refractivity (Wildman–Crippen MR) is 96.2 cm³/mol. The Morgan fingerprint density at radius 1 is 1.10 bits per heavy atom. The van der Waals surface area contributed by atoms with Crippen LogP contribution < -0.4 is 5.32 Å². The Kier molecular flexibility index (Phi) is 5.32. The van der Waals surface area contributed by atoms with E-state index < -0.39 is 44.4 Å². The quantitative estimate of drug-likeness (QED) is 0.550. The van der Waals surface area contributed by atoms with Crippen LogP contribution in [0.3, 0.4) is 0 Å². The van der Waals surface area contributed by atoms with Crippen molar-refractivity contribution in [1.29, 1.82) is 0 Å². The molecule has 1 fully saturated rings. The lowest BCUT2D eigenvalue weighted by Crippen LogP contribution is -2.36. The number of alkyl halides is 3. The Morgan fingerprint density at radius 3 is 2.28 bits per heavy atom. The molecule has 1 N–H and O–H groups in total. The topological polar surface area (TPSA) is 96.4 Å². The number of rotatable bonds is 3. The Balaban J connectivity index is 1.96. The molecule has 1 aliphatic heterocycles. The first kappa shape index (κ1) is 21.1. The number of pyridine rings is 1. The number of nitrogens with zero attached hydrogens (tertiary/aromatic N) is 2. The second-order valence-corrected chi connectivity index (χ2v) is 8.24. The van der Waals surface area contributed by atoms with Crippen molar-refractivity contribution in [2.24, 2.45) is 0 Å². The molecule has 0 radical (unpaired) electrons. The summed E-state index contributed by atoms with van der Waals surface area (Å²) in [4.78, 5) is 27.7. The summed E-state index contributed by atoms with van der Waals surface area (Å²) in [6, 6.07) is 4.05. The largest absolute Gasteiger partial charge is 0.417 e. The van der Waals surface area contributed by atoms with Gasteiger partial charge in [-0.05, 0) is 36.4 Å². The highest BCUT2D eigenvalue weighted by atomic mass is 35.5. The van der Waals surface area contributed by atoms with Crippen LogP contribution in [-0.4, -0.2) is 29.6 Å². The maximum Gasteiger partial charge on any atom is 0.417 e. The lowest BCUT2D eigenvalue weighted by atomic mass is 10.2. The van der Waals surface area contributed by atoms with Gasteiger partial charge < -0.3 is 5.32 Å². The molecule has 13 heteroatoms. The molecular weight excluding hydrogens is 458 g/mol. The number of urea groups is 1. The molecule has 0 atom stereocenters. The molecule has 7 nitrogen and oxygen atoms in total. The summed E-state index contributed by atoms with van der Waals surface area (Å²) in [5.74, 6) is -1.25. The van der Waals surface area contributed by atoms with Crippen LogP contribution >= 0.6 is 23.2 Å². The molecular formula is C16H8Cl2F3N3O4S. The maximum atomic E-state index is 12.7. The molecule has 0 spiro atoms. The van der Waals surface area contributed by atoms with Gasteiger partial charge in [0.2, 0.25) is 0 Å². The van der Waals surface area contributed by atoms with E-state index in [2.05, 4.69) is 4.98 Å². The number of hydrogen-bond donors (Lipinski definition) is 1. The van der Waals surface area contributed by atoms with Crippen molar-refractivity contribution in [2.75, 3.05) is 0 Å². The number of nitrogens with one attached hydrogen (secondary N) is 1. The third kappa shape index (κ3) is 4.07. The monoisotopic (exact) mass is 465 g/mol. The summed E-state index contributed by atoms with van der Waals surface area (Å²) in [6.07, 6.45) is -3.31. The molecule has 0 bridgehead atoms. The van der Waals surface area contributed by atoms with Gasteiger partial charge in [-0.1, -0.05) is 23.2 Å². The number of benzene rings is 1. The number of halogens is 5. The van der Waals surface area contributed by atoms with Gasteiger partial charge in [-0.3, -0.25) is 9.78 Å². The van der Waals surface area contributed by atoms with Gasteiger partial charge in [-0.25, -0.2) is 13.2 Å². The van der Waals surface area contributed by atoms with Crippen LogP contribution in [0, 0.1) is 0 Å². The number of carbonyl (C=O) groups is 2. The smallest absolute Gasteiger partial charge is 0.302 e. The third-order valence-corrected chi connectivity index (χ3v) is 5.91. The third-order valence-electron chi connectivity index (χ3n) is 3.67. The minimum atomic E-state index is -4.68. The molecule has 1 aromatic heterocycles. The second-order valence-electron chi connectivity index (χ2n) is 5.61. The molecule has 1 aromatic carbocycles. The molecule has 3 rings (SSSR count). The molecule has 0 aliphatic carbocycles. The van der Waals surface area contributed by atoms with Gasteiger partial charge in [0.15, 0.2) is 0 Å². The van der Waals surface area contributed by atoms with Crippen LogP contribution in [0.4, 0.5) is 18.0 Å². The van der Waals surface area contributed by atoms with Crippen molar-refractivity contribution in [2.45, 2.75) is 11.1 Å². The maximum absolute atomic E-state index is 12.7. The van der Waals surface area contributed by atoms with Crippen LogP contribution in [0.1, 0.15) is 11.3 Å². The first-order valence-electron chi connectivity index (χ1n) is 7.52. The van der Waals surface area contributed by atoms with E-state index in [1.54, 1.807) is 0 Å². The molecule has 2 heterocycles. The number of carbonyl (C=O) groups excluding carboxylic acids is 2. The van der Waals surface area contributed by atoms with Gasteiger partial charge in [0.1, 0.15) is 5.70 Å². The number of aromatic nitrogens is 1. The Morgan fingerprint density at radius 2 is 1.72 bits per heavy atom. The van der Waals surface area contributed by atoms with Gasteiger partial charge >= 0.3 is 12.2 Å². The molecule has 1 saturated heterocycles. The van der Waals surface area contributed by atoms with E-state index in [9.17, 15) is 31.2 Å². The van der Waals surface area contributed by atoms with E-state index in [0.29, 0.717) is 12.3 Å². The highest BCUT2D eigenvalue weighted by molar-refractivity contribution is 7.90. The number of amides is 3. The summed E-state index contributed by atoms with van der Waals surface area (Å²) in [5.41, 5.74) is -1.91. The predicted octanol–water partition coefficient (Wildman–Crippen LogP) is 3.69. The summed E-state index contributed by atoms with van der Waals surface area (Å²) in [5, 5.41) is 1.82. The van der Waals surface area contributed by atoms with E-state index >= 15 is 0 Å². The van der Waals surface area contributed by atoms with Crippen LogP contribution in [-0.2, 0) is 21.0 Å². The molecule has 3 amide bonds. The zero-order valence-electron chi connectivity index (χ0n) is 13.9. The highest BCUT2D eigenvalue weighted by Crippen LogP contribution is 2.32. The number of imide groups is 1. The standard InChI is InChI=1S/C16H8Cl2F3N3O4S/c17-9-1-3-10(4-2-9)29(27,28)24-14(25)13(23-15(24)26)6-12-11(18)5-8(7-22-12)16(19,20)21/h1-7H,(H,23,26). The van der Waals surface area contributed by atoms with E-state index in [0.717, 1.165) is 18.2 Å². The van der Waals surface area contributed by atoms with Crippen LogP contribution in [0.15, 0.2) is 47.1 Å². The van der Waals surface area contributed by atoms with Gasteiger partial charge in [0, 0.05) is 11.2 Å². The fraction of sp³-hybridized carbons (Fsp3) is 0.0625. The molecule has 29 heavy (non-hydrogen) atoms. The Hall–Kier alpha value is -2.63. The lowest BCUT2D eigenvalue weighted by Gasteiger charge is -2.12. The first-order valence-corrected chi connectivity index (χ1v) is 9.71. The lowest BCUT2D eigenvalue weighted by molar-refractivity contribution is -0.137. The van der Waals surface area contributed by atoms with Crippen molar-refractivity contribution in [3.8, 4) is 0 Å². The van der Waals surface area contributed by atoms with Gasteiger partial charge in [-0.15, -0.1) is 4.31 Å². The van der Waals surface area contributed by atoms with Crippen molar-refractivity contribution in [3.63, 3.8) is 0 Å². The summed E-state index contributed by atoms with van der Waals surface area (Å²) < 4.78 is 63.2. The zero-order chi connectivity index (χ0) is 21.6. The Labute approximate surface area is 171 Å². The van der Waals surface area contributed by atoms with E-state index in [-0.39, 0.29) is 19.9 Å². The highest BCUT2D eigenvalue weighted by Gasteiger charge is 2.43. The number of hydrogen-bond acceptors (Lipinski definition) is 5. The van der Waals surface area contributed by atoms with Crippen LogP contribution in [0.2, 0.25) is 10.0 Å². The van der Waals surface area contributed by atoms with Crippen LogP contribution in [0.5, 0.6) is 0 Å². The molecule has 0 saturated carbocycles. The van der Waals surface area contributed by atoms with Gasteiger partial charge in [0.25, 0.3) is 15.9 Å². The average Bonchev–Trinajstić information content (AvgIpc) is 2.90. The average molecular weight is 466 g/mol. The number of sulfonamides is 1. The molecule has 1 aliphatic rings. The zero-order valence-corrected chi connectivity index (χ0v) is 16.2. The Bertz CT molecular complexity index is 1150. The summed E-state index contributed by atoms with van der Waals surface area (Å²) in [7, 11) is -4.55. The van der Waals surface area contributed by atoms with Crippen molar-refractivity contribution < 1.29 is 31.2 Å². The fourth-order valence-electron chi connectivity index (χ4n) is 2.30. The van der Waals surface area contributed by atoms with Crippen molar-refractivity contribution in [3.05, 3.63) is 63.5 Å².